The Morgan fingerprint density at radius 2 is 1.90 bits per heavy atom. The normalized spacial score (nSPS) is 13.2. The number of hydrogen-bond donors (Lipinski definition) is 1. The van der Waals surface area contributed by atoms with E-state index in [9.17, 15) is 9.90 Å². The molecule has 6 heteroatoms. The summed E-state index contributed by atoms with van der Waals surface area (Å²) in [5.74, 6) is 1.50. The SMILES string of the molecule is CC(C)CC(=O)c1ccc(OCCCCOc2cnc3c(c2)CCCC3)c(Br)c1O. The molecule has 0 bridgehead atoms. The highest BCUT2D eigenvalue weighted by Gasteiger charge is 2.18. The van der Waals surface area contributed by atoms with Gasteiger partial charge in [-0.3, -0.25) is 9.78 Å². The first-order chi connectivity index (χ1) is 14.5. The van der Waals surface area contributed by atoms with Gasteiger partial charge in [-0.2, -0.15) is 0 Å². The third-order valence-corrected chi connectivity index (χ3v) is 5.95. The number of fused-ring (bicyclic) bond motifs is 1. The molecule has 1 aromatic carbocycles. The Kier molecular flexibility index (Phi) is 8.14. The second kappa shape index (κ2) is 10.8. The predicted molar refractivity (Wildman–Crippen MR) is 121 cm³/mol. The highest BCUT2D eigenvalue weighted by Crippen LogP contribution is 2.37. The van der Waals surface area contributed by atoms with E-state index < -0.39 is 0 Å². The summed E-state index contributed by atoms with van der Waals surface area (Å²) in [4.78, 5) is 16.8. The molecule has 0 amide bonds. The number of halogens is 1. The number of carbonyl (C=O) groups is 1. The first-order valence-electron chi connectivity index (χ1n) is 10.7. The molecule has 1 N–H and O–H groups in total. The summed E-state index contributed by atoms with van der Waals surface area (Å²) in [5, 5.41) is 10.3. The van der Waals surface area contributed by atoms with Gasteiger partial charge in [0.25, 0.3) is 0 Å². The molecule has 0 saturated carbocycles. The van der Waals surface area contributed by atoms with Crippen LogP contribution in [0.15, 0.2) is 28.9 Å². The number of benzene rings is 1. The lowest BCUT2D eigenvalue weighted by atomic mass is 9.96. The topological polar surface area (TPSA) is 68.7 Å². The molecule has 162 valence electrons. The molecule has 30 heavy (non-hydrogen) atoms. The lowest BCUT2D eigenvalue weighted by molar-refractivity contribution is 0.0965. The van der Waals surface area contributed by atoms with Gasteiger partial charge >= 0.3 is 0 Å². The number of aromatic hydroxyl groups is 1. The minimum atomic E-state index is -0.0661. The largest absolute Gasteiger partial charge is 0.506 e. The first kappa shape index (κ1) is 22.6. The van der Waals surface area contributed by atoms with Crippen LogP contribution in [-0.4, -0.2) is 29.1 Å². The zero-order valence-corrected chi connectivity index (χ0v) is 19.3. The molecule has 1 heterocycles. The van der Waals surface area contributed by atoms with E-state index in [1.165, 1.54) is 24.1 Å². The van der Waals surface area contributed by atoms with Crippen LogP contribution >= 0.6 is 15.9 Å². The van der Waals surface area contributed by atoms with Gasteiger partial charge in [0, 0.05) is 12.1 Å². The molecular weight excluding hydrogens is 446 g/mol. The van der Waals surface area contributed by atoms with Crippen LogP contribution in [0.2, 0.25) is 0 Å². The van der Waals surface area contributed by atoms with Crippen LogP contribution in [0, 0.1) is 5.92 Å². The molecule has 5 nitrogen and oxygen atoms in total. The molecule has 0 fully saturated rings. The number of ketones is 1. The number of aromatic nitrogens is 1. The zero-order valence-electron chi connectivity index (χ0n) is 17.7. The Morgan fingerprint density at radius 1 is 1.17 bits per heavy atom. The molecule has 1 aliphatic rings. The summed E-state index contributed by atoms with van der Waals surface area (Å²) in [5.41, 5.74) is 2.87. The molecule has 1 aromatic heterocycles. The van der Waals surface area contributed by atoms with E-state index in [1.54, 1.807) is 12.1 Å². The number of unbranched alkanes of at least 4 members (excludes halogenated alkanes) is 1. The maximum atomic E-state index is 12.2. The van der Waals surface area contributed by atoms with Gasteiger partial charge in [0.2, 0.25) is 0 Å². The van der Waals surface area contributed by atoms with E-state index >= 15 is 0 Å². The van der Waals surface area contributed by atoms with Crippen molar-refractivity contribution in [2.45, 2.75) is 58.8 Å². The van der Waals surface area contributed by atoms with Gasteiger partial charge in [0.05, 0.1) is 25.0 Å². The van der Waals surface area contributed by atoms with Crippen LogP contribution in [0.25, 0.3) is 0 Å². The summed E-state index contributed by atoms with van der Waals surface area (Å²) < 4.78 is 12.0. The highest BCUT2D eigenvalue weighted by molar-refractivity contribution is 9.10. The number of aryl methyl sites for hydroxylation is 2. The van der Waals surface area contributed by atoms with E-state index in [0.717, 1.165) is 31.4 Å². The van der Waals surface area contributed by atoms with Crippen LogP contribution in [0.3, 0.4) is 0 Å². The number of phenolic OH excluding ortho intramolecular Hbond substituents is 1. The van der Waals surface area contributed by atoms with Gasteiger partial charge in [-0.25, -0.2) is 0 Å². The van der Waals surface area contributed by atoms with Crippen molar-refractivity contribution >= 4 is 21.7 Å². The summed E-state index contributed by atoms with van der Waals surface area (Å²) >= 11 is 3.35. The molecule has 0 spiro atoms. The molecule has 2 aromatic rings. The molecular formula is C24H30BrNO4. The van der Waals surface area contributed by atoms with Gasteiger partial charge < -0.3 is 14.6 Å². The number of ether oxygens (including phenoxy) is 2. The molecule has 0 atom stereocenters. The quantitative estimate of drug-likeness (QED) is 0.342. The van der Waals surface area contributed by atoms with Crippen molar-refractivity contribution in [3.63, 3.8) is 0 Å². The third-order valence-electron chi connectivity index (χ3n) is 5.18. The number of pyridine rings is 1. The van der Waals surface area contributed by atoms with E-state index in [4.69, 9.17) is 9.47 Å². The number of Topliss-reactive ketones (excluding diaryl/α,β-unsaturated/α-hetero) is 1. The van der Waals surface area contributed by atoms with Gasteiger partial charge in [0.1, 0.15) is 21.7 Å². The first-order valence-corrected chi connectivity index (χ1v) is 11.5. The molecule has 0 unspecified atom stereocenters. The lowest BCUT2D eigenvalue weighted by Crippen LogP contribution is -2.07. The number of phenols is 1. The monoisotopic (exact) mass is 475 g/mol. The minimum absolute atomic E-state index is 0.0543. The summed E-state index contributed by atoms with van der Waals surface area (Å²) in [6, 6.07) is 5.49. The van der Waals surface area contributed by atoms with Gasteiger partial charge in [0.15, 0.2) is 5.78 Å². The zero-order chi connectivity index (χ0) is 21.5. The lowest BCUT2D eigenvalue weighted by Gasteiger charge is -2.15. The second-order valence-electron chi connectivity index (χ2n) is 8.18. The van der Waals surface area contributed by atoms with E-state index in [2.05, 4.69) is 27.0 Å². The van der Waals surface area contributed by atoms with Crippen molar-refractivity contribution in [2.75, 3.05) is 13.2 Å². The van der Waals surface area contributed by atoms with E-state index in [0.29, 0.717) is 35.4 Å². The van der Waals surface area contributed by atoms with E-state index in [-0.39, 0.29) is 17.5 Å². The average molecular weight is 476 g/mol. The average Bonchev–Trinajstić information content (AvgIpc) is 2.72. The Labute approximate surface area is 186 Å². The maximum Gasteiger partial charge on any atom is 0.166 e. The minimum Gasteiger partial charge on any atom is -0.506 e. The predicted octanol–water partition coefficient (Wildman–Crippen LogP) is 5.90. The van der Waals surface area contributed by atoms with Crippen LogP contribution in [0.1, 0.15) is 67.6 Å². The molecule has 3 rings (SSSR count). The van der Waals surface area contributed by atoms with Crippen molar-refractivity contribution in [3.8, 4) is 17.2 Å². The number of hydrogen-bond acceptors (Lipinski definition) is 5. The van der Waals surface area contributed by atoms with Crippen molar-refractivity contribution in [1.29, 1.82) is 0 Å². The van der Waals surface area contributed by atoms with Crippen LogP contribution < -0.4 is 9.47 Å². The van der Waals surface area contributed by atoms with Crippen molar-refractivity contribution in [3.05, 3.63) is 45.7 Å². The van der Waals surface area contributed by atoms with Crippen LogP contribution in [0.5, 0.6) is 17.2 Å². The van der Waals surface area contributed by atoms with Crippen LogP contribution in [0.4, 0.5) is 0 Å². The Hall–Kier alpha value is -2.08. The number of carbonyl (C=O) groups excluding carboxylic acids is 1. The van der Waals surface area contributed by atoms with Gasteiger partial charge in [-0.15, -0.1) is 0 Å². The summed E-state index contributed by atoms with van der Waals surface area (Å²) in [6.07, 6.45) is 8.52. The molecule has 1 aliphatic carbocycles. The summed E-state index contributed by atoms with van der Waals surface area (Å²) in [7, 11) is 0. The Bertz CT molecular complexity index is 882. The summed E-state index contributed by atoms with van der Waals surface area (Å²) in [6.45, 7) is 5.07. The standard InChI is InChI=1S/C24H30BrNO4/c1-16(2)13-21(27)19-9-10-22(23(25)24(19)28)30-12-6-5-11-29-18-14-17-7-3-4-8-20(17)26-15-18/h9-10,14-16,28H,3-8,11-13H2,1-2H3. The number of rotatable bonds is 10. The van der Waals surface area contributed by atoms with Crippen molar-refractivity contribution in [1.82, 2.24) is 4.98 Å². The van der Waals surface area contributed by atoms with Gasteiger partial charge in [-0.1, -0.05) is 13.8 Å². The van der Waals surface area contributed by atoms with Crippen molar-refractivity contribution < 1.29 is 19.4 Å². The Morgan fingerprint density at radius 3 is 2.67 bits per heavy atom. The fourth-order valence-electron chi connectivity index (χ4n) is 3.58. The van der Waals surface area contributed by atoms with E-state index in [1.807, 2.05) is 20.0 Å². The Balaban J connectivity index is 1.42. The molecule has 0 radical (unpaired) electrons. The second-order valence-corrected chi connectivity index (χ2v) is 8.98. The third kappa shape index (κ3) is 5.97. The molecule has 0 aliphatic heterocycles. The van der Waals surface area contributed by atoms with Gasteiger partial charge in [-0.05, 0) is 84.1 Å². The molecule has 0 saturated heterocycles. The van der Waals surface area contributed by atoms with Crippen molar-refractivity contribution in [2.24, 2.45) is 5.92 Å². The highest BCUT2D eigenvalue weighted by atomic mass is 79.9. The number of nitrogens with zero attached hydrogens (tertiary/aromatic N) is 1. The maximum absolute atomic E-state index is 12.2. The fourth-order valence-corrected chi connectivity index (χ4v) is 4.04. The smallest absolute Gasteiger partial charge is 0.166 e. The van der Waals surface area contributed by atoms with Crippen LogP contribution in [-0.2, 0) is 12.8 Å². The fraction of sp³-hybridized carbons (Fsp3) is 0.500.